The summed E-state index contributed by atoms with van der Waals surface area (Å²) in [6.45, 7) is 3.73. The van der Waals surface area contributed by atoms with E-state index in [1.165, 1.54) is 4.90 Å². The summed E-state index contributed by atoms with van der Waals surface area (Å²) in [5, 5.41) is 16.6. The van der Waals surface area contributed by atoms with Crippen molar-refractivity contribution < 1.29 is 14.3 Å². The molecule has 6 rings (SSSR count). The van der Waals surface area contributed by atoms with Gasteiger partial charge in [0.2, 0.25) is 5.91 Å². The maximum atomic E-state index is 14.2. The van der Waals surface area contributed by atoms with E-state index in [0.717, 1.165) is 28.0 Å². The number of amides is 2. The minimum atomic E-state index is -0.810. The fourth-order valence-corrected chi connectivity index (χ4v) is 5.59. The van der Waals surface area contributed by atoms with Gasteiger partial charge in [-0.15, -0.1) is 5.10 Å². The van der Waals surface area contributed by atoms with Crippen molar-refractivity contribution in [2.24, 2.45) is 5.41 Å². The number of nitrogens with zero attached hydrogens (tertiary/aromatic N) is 8. The quantitative estimate of drug-likeness (QED) is 0.274. The Bertz CT molecular complexity index is 1770. The van der Waals surface area contributed by atoms with Gasteiger partial charge in [-0.1, -0.05) is 36.4 Å². The number of H-pyrrole nitrogens is 1. The highest BCUT2D eigenvalue weighted by molar-refractivity contribution is 5.96. The first-order valence-corrected chi connectivity index (χ1v) is 14.4. The number of carbonyl (C=O) groups excluding carboxylic acids is 2. The first kappa shape index (κ1) is 28.8. The Morgan fingerprint density at radius 1 is 1.07 bits per heavy atom. The molecule has 0 spiro atoms. The van der Waals surface area contributed by atoms with Crippen LogP contribution in [0.3, 0.4) is 0 Å². The molecule has 0 saturated carbocycles. The minimum Gasteiger partial charge on any atom is -0.410 e. The van der Waals surface area contributed by atoms with Gasteiger partial charge < -0.3 is 24.8 Å². The number of piperidine rings is 1. The third-order valence-corrected chi connectivity index (χ3v) is 8.09. The van der Waals surface area contributed by atoms with Crippen LogP contribution in [-0.2, 0) is 17.8 Å². The van der Waals surface area contributed by atoms with Gasteiger partial charge >= 0.3 is 6.09 Å². The SMILES string of the molecule is Cc1c[nH]c2ncnc(N3CCC(Cc4nnnn4Cc4ccccc4)(C(=O)Nc4cccc(OC(=O)N(C)C)c4)CC3)c12. The average molecular weight is 595 g/mol. The number of aromatic nitrogens is 7. The largest absolute Gasteiger partial charge is 0.414 e. The number of aromatic amines is 1. The van der Waals surface area contributed by atoms with E-state index in [1.54, 1.807) is 49.4 Å². The molecule has 13 heteroatoms. The molecule has 44 heavy (non-hydrogen) atoms. The molecule has 0 atom stereocenters. The zero-order chi connectivity index (χ0) is 30.7. The number of ether oxygens (including phenoxy) is 1. The van der Waals surface area contributed by atoms with Gasteiger partial charge in [0.05, 0.1) is 17.3 Å². The summed E-state index contributed by atoms with van der Waals surface area (Å²) in [5.41, 5.74) is 2.64. The number of rotatable bonds is 8. The minimum absolute atomic E-state index is 0.145. The van der Waals surface area contributed by atoms with Crippen LogP contribution >= 0.6 is 0 Å². The lowest BCUT2D eigenvalue weighted by Gasteiger charge is -2.41. The van der Waals surface area contributed by atoms with Crippen LogP contribution in [0.25, 0.3) is 11.0 Å². The molecular formula is C31H34N10O3. The second-order valence-electron chi connectivity index (χ2n) is 11.3. The summed E-state index contributed by atoms with van der Waals surface area (Å²) >= 11 is 0. The predicted octanol–water partition coefficient (Wildman–Crippen LogP) is 3.83. The molecule has 1 fully saturated rings. The maximum absolute atomic E-state index is 14.2. The summed E-state index contributed by atoms with van der Waals surface area (Å²) < 4.78 is 7.17. The molecule has 1 aliphatic rings. The molecule has 2 aromatic carbocycles. The fourth-order valence-electron chi connectivity index (χ4n) is 5.59. The van der Waals surface area contributed by atoms with Crippen LogP contribution in [-0.4, -0.2) is 79.2 Å². The Labute approximate surface area is 254 Å². The molecule has 1 saturated heterocycles. The second kappa shape index (κ2) is 12.1. The number of fused-ring (bicyclic) bond motifs is 1. The predicted molar refractivity (Wildman–Crippen MR) is 164 cm³/mol. The number of carbonyl (C=O) groups is 2. The summed E-state index contributed by atoms with van der Waals surface area (Å²) in [5.74, 6) is 1.68. The van der Waals surface area contributed by atoms with Crippen molar-refractivity contribution in [3.8, 4) is 5.75 Å². The van der Waals surface area contributed by atoms with E-state index in [2.05, 4.69) is 40.7 Å². The van der Waals surface area contributed by atoms with Crippen molar-refractivity contribution in [3.63, 3.8) is 0 Å². The Balaban J connectivity index is 1.27. The van der Waals surface area contributed by atoms with Gasteiger partial charge in [0, 0.05) is 51.6 Å². The van der Waals surface area contributed by atoms with Gasteiger partial charge in [-0.25, -0.2) is 19.4 Å². The number of hydrogen-bond donors (Lipinski definition) is 2. The van der Waals surface area contributed by atoms with E-state index in [0.29, 0.717) is 56.2 Å². The van der Waals surface area contributed by atoms with E-state index >= 15 is 0 Å². The van der Waals surface area contributed by atoms with Crippen LogP contribution in [0.5, 0.6) is 5.75 Å². The number of benzene rings is 2. The van der Waals surface area contributed by atoms with E-state index < -0.39 is 11.5 Å². The summed E-state index contributed by atoms with van der Waals surface area (Å²) in [6.07, 6.45) is 4.43. The highest BCUT2D eigenvalue weighted by Crippen LogP contribution is 2.39. The molecule has 2 amide bonds. The smallest absolute Gasteiger partial charge is 0.410 e. The highest BCUT2D eigenvalue weighted by Gasteiger charge is 2.43. The molecule has 5 aromatic rings. The monoisotopic (exact) mass is 594 g/mol. The molecular weight excluding hydrogens is 560 g/mol. The van der Waals surface area contributed by atoms with Gasteiger partial charge in [0.25, 0.3) is 0 Å². The van der Waals surface area contributed by atoms with Crippen LogP contribution in [0.2, 0.25) is 0 Å². The standard InChI is InChI=1S/C31H34N10O3/c1-21-18-32-27-26(21)28(34-20-33-27)40-14-12-31(13-15-40,17-25-36-37-38-41(25)19-22-8-5-4-6-9-22)29(42)35-23-10-7-11-24(16-23)44-30(43)39(2)3/h4-11,16,18,20H,12-15,17,19H2,1-3H3,(H,35,42)(H,32,33,34). The summed E-state index contributed by atoms with van der Waals surface area (Å²) in [7, 11) is 3.22. The Hall–Kier alpha value is -5.33. The van der Waals surface area contributed by atoms with E-state index in [4.69, 9.17) is 4.74 Å². The number of anilines is 2. The van der Waals surface area contributed by atoms with E-state index in [-0.39, 0.29) is 5.91 Å². The van der Waals surface area contributed by atoms with Crippen molar-refractivity contribution in [1.29, 1.82) is 0 Å². The molecule has 226 valence electrons. The highest BCUT2D eigenvalue weighted by atomic mass is 16.6. The van der Waals surface area contributed by atoms with Crippen LogP contribution in [0.1, 0.15) is 29.8 Å². The lowest BCUT2D eigenvalue weighted by molar-refractivity contribution is -0.127. The zero-order valence-electron chi connectivity index (χ0n) is 24.9. The first-order chi connectivity index (χ1) is 21.3. The Kier molecular flexibility index (Phi) is 7.92. The lowest BCUT2D eigenvalue weighted by Crippen LogP contribution is -2.48. The van der Waals surface area contributed by atoms with Gasteiger partial charge in [0.1, 0.15) is 23.5 Å². The Morgan fingerprint density at radius 3 is 2.64 bits per heavy atom. The van der Waals surface area contributed by atoms with Gasteiger partial charge in [-0.3, -0.25) is 4.79 Å². The number of nitrogens with one attached hydrogen (secondary N) is 2. The topological polar surface area (TPSA) is 147 Å². The Morgan fingerprint density at radius 2 is 1.86 bits per heavy atom. The van der Waals surface area contributed by atoms with Crippen molar-refractivity contribution in [1.82, 2.24) is 40.1 Å². The third-order valence-electron chi connectivity index (χ3n) is 8.09. The van der Waals surface area contributed by atoms with E-state index in [1.807, 2.05) is 43.5 Å². The van der Waals surface area contributed by atoms with Crippen molar-refractivity contribution >= 4 is 34.5 Å². The molecule has 3 aromatic heterocycles. The van der Waals surface area contributed by atoms with Crippen molar-refractivity contribution in [2.75, 3.05) is 37.4 Å². The van der Waals surface area contributed by atoms with Crippen LogP contribution in [0.15, 0.2) is 67.1 Å². The normalized spacial score (nSPS) is 14.4. The first-order valence-electron chi connectivity index (χ1n) is 14.4. The molecule has 0 aliphatic carbocycles. The zero-order valence-corrected chi connectivity index (χ0v) is 24.9. The number of aryl methyl sites for hydroxylation is 1. The third kappa shape index (κ3) is 5.93. The van der Waals surface area contributed by atoms with Crippen molar-refractivity contribution in [2.45, 2.75) is 32.7 Å². The molecule has 1 aliphatic heterocycles. The van der Waals surface area contributed by atoms with Gasteiger partial charge in [0.15, 0.2) is 5.82 Å². The van der Waals surface area contributed by atoms with Gasteiger partial charge in [-0.2, -0.15) is 0 Å². The van der Waals surface area contributed by atoms with Crippen LogP contribution < -0.4 is 15.0 Å². The number of hydrogen-bond acceptors (Lipinski definition) is 9. The molecule has 13 nitrogen and oxygen atoms in total. The molecule has 0 bridgehead atoms. The van der Waals surface area contributed by atoms with Gasteiger partial charge in [-0.05, 0) is 53.5 Å². The fraction of sp³-hybridized carbons (Fsp3) is 0.323. The van der Waals surface area contributed by atoms with Crippen LogP contribution in [0, 0.1) is 12.3 Å². The molecule has 0 unspecified atom stereocenters. The second-order valence-corrected chi connectivity index (χ2v) is 11.3. The molecule has 2 N–H and O–H groups in total. The summed E-state index contributed by atoms with van der Waals surface area (Å²) in [4.78, 5) is 42.1. The van der Waals surface area contributed by atoms with E-state index in [9.17, 15) is 9.59 Å². The average Bonchev–Trinajstić information content (AvgIpc) is 3.63. The summed E-state index contributed by atoms with van der Waals surface area (Å²) in [6, 6.07) is 16.8. The molecule has 4 heterocycles. The maximum Gasteiger partial charge on any atom is 0.414 e. The van der Waals surface area contributed by atoms with Crippen molar-refractivity contribution in [3.05, 3.63) is 84.1 Å². The molecule has 0 radical (unpaired) electrons. The number of tetrazole rings is 1. The lowest BCUT2D eigenvalue weighted by atomic mass is 9.74. The van der Waals surface area contributed by atoms with Crippen LogP contribution in [0.4, 0.5) is 16.3 Å².